The molecule has 190 valence electrons. The summed E-state index contributed by atoms with van der Waals surface area (Å²) < 4.78 is 5.97. The third-order valence-corrected chi connectivity index (χ3v) is 6.85. The average molecular weight is 475 g/mol. The molecule has 3 N–H and O–H groups in total. The van der Waals surface area contributed by atoms with E-state index in [1.165, 1.54) is 37.7 Å². The van der Waals surface area contributed by atoms with Crippen molar-refractivity contribution in [3.05, 3.63) is 35.4 Å². The highest BCUT2D eigenvalue weighted by molar-refractivity contribution is 5.87. The van der Waals surface area contributed by atoms with Crippen molar-refractivity contribution in [2.45, 2.75) is 84.2 Å². The van der Waals surface area contributed by atoms with Crippen LogP contribution in [0.4, 0.5) is 0 Å². The van der Waals surface area contributed by atoms with Crippen LogP contribution in [0.15, 0.2) is 24.3 Å². The molecule has 7 heteroatoms. The Kier molecular flexibility index (Phi) is 11.5. The third-order valence-electron chi connectivity index (χ3n) is 6.85. The average Bonchev–Trinajstić information content (AvgIpc) is 2.84. The zero-order valence-electron chi connectivity index (χ0n) is 21.0. The molecular formula is C27H42N2O5. The van der Waals surface area contributed by atoms with E-state index in [0.717, 1.165) is 32.5 Å². The van der Waals surface area contributed by atoms with Gasteiger partial charge in [-0.05, 0) is 62.1 Å². The number of primary amides is 1. The molecule has 1 aromatic rings. The predicted molar refractivity (Wildman–Crippen MR) is 133 cm³/mol. The van der Waals surface area contributed by atoms with E-state index in [4.69, 9.17) is 15.6 Å². The van der Waals surface area contributed by atoms with Crippen molar-refractivity contribution < 1.29 is 24.2 Å². The van der Waals surface area contributed by atoms with Crippen molar-refractivity contribution in [2.24, 2.45) is 17.6 Å². The number of piperidine rings is 1. The van der Waals surface area contributed by atoms with Gasteiger partial charge in [-0.1, -0.05) is 45.2 Å². The van der Waals surface area contributed by atoms with E-state index in [1.54, 1.807) is 26.0 Å². The van der Waals surface area contributed by atoms with Crippen molar-refractivity contribution >= 4 is 17.8 Å². The minimum Gasteiger partial charge on any atom is -0.478 e. The maximum atomic E-state index is 12.6. The second kappa shape index (κ2) is 14.1. The number of hydrogen-bond acceptors (Lipinski definition) is 4. The Morgan fingerprint density at radius 2 is 1.56 bits per heavy atom. The van der Waals surface area contributed by atoms with Gasteiger partial charge in [-0.15, -0.1) is 0 Å². The van der Waals surface area contributed by atoms with Crippen LogP contribution in [-0.4, -0.2) is 53.6 Å². The fraction of sp³-hybridized carbons (Fsp3) is 0.667. The van der Waals surface area contributed by atoms with Crippen LogP contribution in [0.1, 0.15) is 94.0 Å². The van der Waals surface area contributed by atoms with Gasteiger partial charge in [-0.3, -0.25) is 9.59 Å². The molecule has 34 heavy (non-hydrogen) atoms. The highest BCUT2D eigenvalue weighted by Gasteiger charge is 2.25. The van der Waals surface area contributed by atoms with Crippen LogP contribution in [0.25, 0.3) is 0 Å². The second-order valence-electron chi connectivity index (χ2n) is 9.99. The van der Waals surface area contributed by atoms with Crippen LogP contribution in [0.3, 0.4) is 0 Å². The molecular weight excluding hydrogens is 432 g/mol. The molecule has 3 rings (SSSR count). The van der Waals surface area contributed by atoms with Gasteiger partial charge in [0.15, 0.2) is 0 Å². The number of amides is 2. The Bertz CT molecular complexity index is 779. The molecule has 0 spiro atoms. The molecule has 1 heterocycles. The van der Waals surface area contributed by atoms with Crippen molar-refractivity contribution in [3.63, 3.8) is 0 Å². The van der Waals surface area contributed by atoms with Crippen LogP contribution in [0.2, 0.25) is 0 Å². The summed E-state index contributed by atoms with van der Waals surface area (Å²) in [5.41, 5.74) is 6.28. The standard InChI is InChI=1S/C23H33NO4.C4H9NO/c1-17(28-16-18-5-3-2-4-6-18)15-22(25)24-13-11-20(12-14-24)19-7-9-21(10-8-19)23(26)27;1-3(2)4(5)6/h7-10,17-18,20H,2-6,11-16H2,1H3,(H,26,27);3H,1-2H3,(H2,5,6)/t17-;/m1./s1. The molecule has 1 atom stereocenters. The highest BCUT2D eigenvalue weighted by atomic mass is 16.5. The van der Waals surface area contributed by atoms with Crippen molar-refractivity contribution in [3.8, 4) is 0 Å². The van der Waals surface area contributed by atoms with Crippen LogP contribution >= 0.6 is 0 Å². The largest absolute Gasteiger partial charge is 0.478 e. The van der Waals surface area contributed by atoms with Crippen LogP contribution in [-0.2, 0) is 14.3 Å². The molecule has 2 aliphatic rings. The zero-order valence-corrected chi connectivity index (χ0v) is 21.0. The van der Waals surface area contributed by atoms with Crippen LogP contribution < -0.4 is 5.73 Å². The molecule has 1 aliphatic carbocycles. The van der Waals surface area contributed by atoms with E-state index in [1.807, 2.05) is 24.0 Å². The Morgan fingerprint density at radius 1 is 1.00 bits per heavy atom. The number of ether oxygens (including phenoxy) is 1. The Labute approximate surface area is 204 Å². The summed E-state index contributed by atoms with van der Waals surface area (Å²) in [6.45, 7) is 7.87. The molecule has 7 nitrogen and oxygen atoms in total. The SMILES string of the molecule is CC(C)C(N)=O.C[C@H](CC(=O)N1CCC(c2ccc(C(=O)O)cc2)CC1)OCC1CCCCC1. The maximum Gasteiger partial charge on any atom is 0.335 e. The molecule has 2 fully saturated rings. The van der Waals surface area contributed by atoms with E-state index in [0.29, 0.717) is 23.8 Å². The lowest BCUT2D eigenvalue weighted by Gasteiger charge is -2.33. The second-order valence-corrected chi connectivity index (χ2v) is 9.99. The Balaban J connectivity index is 0.000000604. The number of carbonyl (C=O) groups excluding carboxylic acids is 2. The number of carboxylic acid groups (broad SMARTS) is 1. The molecule has 1 aromatic carbocycles. The number of aromatic carboxylic acids is 1. The number of nitrogens with two attached hydrogens (primary N) is 1. The predicted octanol–water partition coefficient (Wildman–Crippen LogP) is 4.59. The molecule has 0 aromatic heterocycles. The minimum absolute atomic E-state index is 0.00926. The van der Waals surface area contributed by atoms with E-state index >= 15 is 0 Å². The number of carbonyl (C=O) groups is 3. The number of benzene rings is 1. The number of rotatable bonds is 8. The first-order valence-corrected chi connectivity index (χ1v) is 12.7. The number of nitrogens with zero attached hydrogens (tertiary/aromatic N) is 1. The van der Waals surface area contributed by atoms with Crippen LogP contribution in [0.5, 0.6) is 0 Å². The first-order valence-electron chi connectivity index (χ1n) is 12.7. The van der Waals surface area contributed by atoms with Crippen molar-refractivity contribution in [1.29, 1.82) is 0 Å². The zero-order chi connectivity index (χ0) is 25.1. The van der Waals surface area contributed by atoms with E-state index < -0.39 is 5.97 Å². The topological polar surface area (TPSA) is 110 Å². The van der Waals surface area contributed by atoms with Crippen molar-refractivity contribution in [1.82, 2.24) is 4.90 Å². The lowest BCUT2D eigenvalue weighted by Crippen LogP contribution is -2.39. The fourth-order valence-electron chi connectivity index (χ4n) is 4.45. The van der Waals surface area contributed by atoms with E-state index in [2.05, 4.69) is 0 Å². The highest BCUT2D eigenvalue weighted by Crippen LogP contribution is 2.29. The third kappa shape index (κ3) is 9.45. The number of hydrogen-bond donors (Lipinski definition) is 2. The summed E-state index contributed by atoms with van der Waals surface area (Å²) >= 11 is 0. The molecule has 1 saturated heterocycles. The maximum absolute atomic E-state index is 12.6. The monoisotopic (exact) mass is 474 g/mol. The molecule has 1 saturated carbocycles. The van der Waals surface area contributed by atoms with E-state index in [9.17, 15) is 14.4 Å². The fourth-order valence-corrected chi connectivity index (χ4v) is 4.45. The molecule has 2 amide bonds. The minimum atomic E-state index is -0.896. The quantitative estimate of drug-likeness (QED) is 0.572. The lowest BCUT2D eigenvalue weighted by molar-refractivity contribution is -0.135. The Morgan fingerprint density at radius 3 is 2.06 bits per heavy atom. The van der Waals surface area contributed by atoms with Crippen LogP contribution in [0, 0.1) is 11.8 Å². The number of carboxylic acids is 1. The molecule has 0 unspecified atom stereocenters. The first kappa shape index (κ1) is 27.8. The summed E-state index contributed by atoms with van der Waals surface area (Å²) in [5.74, 6) is 0.115. The molecule has 0 bridgehead atoms. The first-order chi connectivity index (χ1) is 16.2. The smallest absolute Gasteiger partial charge is 0.335 e. The van der Waals surface area contributed by atoms with Gasteiger partial charge in [0.2, 0.25) is 11.8 Å². The molecule has 1 aliphatic heterocycles. The van der Waals surface area contributed by atoms with Gasteiger partial charge in [0.25, 0.3) is 0 Å². The van der Waals surface area contributed by atoms with Gasteiger partial charge in [-0.25, -0.2) is 4.79 Å². The van der Waals surface area contributed by atoms with Crippen molar-refractivity contribution in [2.75, 3.05) is 19.7 Å². The van der Waals surface area contributed by atoms with Gasteiger partial charge in [-0.2, -0.15) is 0 Å². The molecule has 0 radical (unpaired) electrons. The lowest BCUT2D eigenvalue weighted by atomic mass is 9.89. The summed E-state index contributed by atoms with van der Waals surface area (Å²) in [4.78, 5) is 35.5. The summed E-state index contributed by atoms with van der Waals surface area (Å²) in [6.07, 6.45) is 8.81. The Hall–Kier alpha value is -2.41. The van der Waals surface area contributed by atoms with Gasteiger partial charge >= 0.3 is 5.97 Å². The van der Waals surface area contributed by atoms with Gasteiger partial charge in [0, 0.05) is 25.6 Å². The van der Waals surface area contributed by atoms with Gasteiger partial charge in [0.05, 0.1) is 18.1 Å². The normalized spacial score (nSPS) is 18.2. The van der Waals surface area contributed by atoms with E-state index in [-0.39, 0.29) is 23.8 Å². The number of likely N-dealkylation sites (tertiary alicyclic amines) is 1. The summed E-state index contributed by atoms with van der Waals surface area (Å²) in [7, 11) is 0. The van der Waals surface area contributed by atoms with Gasteiger partial charge < -0.3 is 20.5 Å². The van der Waals surface area contributed by atoms with Gasteiger partial charge in [0.1, 0.15) is 0 Å². The summed E-state index contributed by atoms with van der Waals surface area (Å²) in [5, 5.41) is 9.01. The summed E-state index contributed by atoms with van der Waals surface area (Å²) in [6, 6.07) is 7.15.